The van der Waals surface area contributed by atoms with Crippen LogP contribution < -0.4 is 0 Å². The molecule has 1 heterocycles. The Hall–Kier alpha value is -1.19. The highest BCUT2D eigenvalue weighted by atomic mass is 79.9. The van der Waals surface area contributed by atoms with E-state index in [1.165, 1.54) is 5.56 Å². The van der Waals surface area contributed by atoms with Gasteiger partial charge in [0.2, 0.25) is 0 Å². The van der Waals surface area contributed by atoms with E-state index in [4.69, 9.17) is 0 Å². The Kier molecular flexibility index (Phi) is 3.67. The molecule has 1 aromatic carbocycles. The molecule has 3 atom stereocenters. The molecule has 0 amide bonds. The summed E-state index contributed by atoms with van der Waals surface area (Å²) < 4.78 is 0.972. The molecule has 0 spiro atoms. The lowest BCUT2D eigenvalue weighted by atomic mass is 10.0. The summed E-state index contributed by atoms with van der Waals surface area (Å²) >= 11 is 3.37. The normalized spacial score (nSPS) is 23.1. The van der Waals surface area contributed by atoms with Gasteiger partial charge in [-0.15, -0.1) is 0 Å². The summed E-state index contributed by atoms with van der Waals surface area (Å²) in [7, 11) is 0. The third-order valence-corrected chi connectivity index (χ3v) is 4.24. The van der Waals surface area contributed by atoms with Gasteiger partial charge in [0.15, 0.2) is 0 Å². The van der Waals surface area contributed by atoms with Crippen LogP contribution in [0.15, 0.2) is 53.1 Å². The molecule has 0 saturated heterocycles. The van der Waals surface area contributed by atoms with E-state index in [1.54, 1.807) is 6.20 Å². The molecule has 1 saturated carbocycles. The molecule has 19 heavy (non-hydrogen) atoms. The van der Waals surface area contributed by atoms with Crippen molar-refractivity contribution in [3.05, 3.63) is 64.4 Å². The second kappa shape index (κ2) is 5.43. The fourth-order valence-electron chi connectivity index (χ4n) is 2.62. The number of aromatic nitrogens is 1. The highest BCUT2D eigenvalue weighted by Gasteiger charge is 2.43. The number of halogens is 1. The fourth-order valence-corrected chi connectivity index (χ4v) is 2.85. The molecular weight excluding hydrogens is 302 g/mol. The zero-order chi connectivity index (χ0) is 13.2. The van der Waals surface area contributed by atoms with Crippen LogP contribution in [0.5, 0.6) is 0 Å². The van der Waals surface area contributed by atoms with Gasteiger partial charge in [-0.25, -0.2) is 0 Å². The van der Waals surface area contributed by atoms with Crippen molar-refractivity contribution in [3.8, 4) is 0 Å². The van der Waals surface area contributed by atoms with Crippen LogP contribution in [0.4, 0.5) is 0 Å². The van der Waals surface area contributed by atoms with Gasteiger partial charge in [0.1, 0.15) is 0 Å². The van der Waals surface area contributed by atoms with Gasteiger partial charge in [-0.3, -0.25) is 4.98 Å². The molecule has 1 N–H and O–H groups in total. The predicted molar refractivity (Wildman–Crippen MR) is 78.9 cm³/mol. The van der Waals surface area contributed by atoms with E-state index < -0.39 is 0 Å². The Morgan fingerprint density at radius 2 is 2.00 bits per heavy atom. The van der Waals surface area contributed by atoms with Crippen LogP contribution in [0.2, 0.25) is 0 Å². The number of pyridine rings is 1. The van der Waals surface area contributed by atoms with Gasteiger partial charge < -0.3 is 5.11 Å². The third-order valence-electron chi connectivity index (χ3n) is 3.77. The lowest BCUT2D eigenvalue weighted by molar-refractivity contribution is 0.148. The maximum absolute atomic E-state index is 10.3. The van der Waals surface area contributed by atoms with Crippen LogP contribution in [0.25, 0.3) is 0 Å². The van der Waals surface area contributed by atoms with Crippen LogP contribution in [-0.4, -0.2) is 16.2 Å². The molecule has 98 valence electrons. The van der Waals surface area contributed by atoms with Crippen molar-refractivity contribution in [3.63, 3.8) is 0 Å². The molecule has 2 nitrogen and oxygen atoms in total. The minimum Gasteiger partial charge on any atom is -0.392 e. The molecule has 1 aliphatic carbocycles. The number of aliphatic hydroxyl groups is 1. The Morgan fingerprint density at radius 1 is 1.21 bits per heavy atom. The number of benzene rings is 1. The average Bonchev–Trinajstić information content (AvgIpc) is 3.23. The zero-order valence-corrected chi connectivity index (χ0v) is 12.1. The van der Waals surface area contributed by atoms with Crippen molar-refractivity contribution in [2.45, 2.75) is 24.9 Å². The van der Waals surface area contributed by atoms with Crippen molar-refractivity contribution in [1.29, 1.82) is 0 Å². The maximum Gasteiger partial charge on any atom is 0.0629 e. The fraction of sp³-hybridized carbons (Fsp3) is 0.312. The summed E-state index contributed by atoms with van der Waals surface area (Å²) in [5.74, 6) is 0.902. The zero-order valence-electron chi connectivity index (χ0n) is 10.5. The molecule has 3 unspecified atom stereocenters. The third kappa shape index (κ3) is 3.04. The van der Waals surface area contributed by atoms with Gasteiger partial charge in [0.05, 0.1) is 6.10 Å². The van der Waals surface area contributed by atoms with Crippen LogP contribution in [0, 0.1) is 5.92 Å². The average molecular weight is 318 g/mol. The molecule has 1 fully saturated rings. The molecule has 2 aromatic rings. The van der Waals surface area contributed by atoms with Gasteiger partial charge in [-0.05, 0) is 51.9 Å². The summed E-state index contributed by atoms with van der Waals surface area (Å²) in [5, 5.41) is 10.3. The van der Waals surface area contributed by atoms with Gasteiger partial charge >= 0.3 is 0 Å². The number of hydrogen-bond acceptors (Lipinski definition) is 2. The lowest BCUT2D eigenvalue weighted by Gasteiger charge is -2.10. The van der Waals surface area contributed by atoms with E-state index in [9.17, 15) is 5.11 Å². The number of aliphatic hydroxyl groups excluding tert-OH is 1. The largest absolute Gasteiger partial charge is 0.392 e. The van der Waals surface area contributed by atoms with E-state index in [2.05, 4.69) is 45.2 Å². The summed E-state index contributed by atoms with van der Waals surface area (Å²) in [4.78, 5) is 4.32. The number of hydrogen-bond donors (Lipinski definition) is 1. The molecule has 1 aromatic heterocycles. The standard InChI is InChI=1S/C16H16BrNO/c17-12-6-7-13(18-10-12)8-16(19)15-9-14(15)11-4-2-1-3-5-11/h1-7,10,14-16,19H,8-9H2. The molecule has 0 aliphatic heterocycles. The molecular formula is C16H16BrNO. The van der Waals surface area contributed by atoms with E-state index in [1.807, 2.05) is 18.2 Å². The second-order valence-corrected chi connectivity index (χ2v) is 6.07. The topological polar surface area (TPSA) is 33.1 Å². The van der Waals surface area contributed by atoms with Crippen LogP contribution >= 0.6 is 15.9 Å². The first-order valence-electron chi connectivity index (χ1n) is 6.57. The summed E-state index contributed by atoms with van der Waals surface area (Å²) in [6.07, 6.45) is 3.21. The van der Waals surface area contributed by atoms with Crippen molar-refractivity contribution >= 4 is 15.9 Å². The maximum atomic E-state index is 10.3. The summed E-state index contributed by atoms with van der Waals surface area (Å²) in [5.41, 5.74) is 2.30. The van der Waals surface area contributed by atoms with Gasteiger partial charge in [-0.1, -0.05) is 30.3 Å². The van der Waals surface area contributed by atoms with Crippen LogP contribution in [-0.2, 0) is 6.42 Å². The predicted octanol–water partition coefficient (Wildman–Crippen LogP) is 3.55. The molecule has 3 heteroatoms. The monoisotopic (exact) mass is 317 g/mol. The van der Waals surface area contributed by atoms with E-state index in [0.29, 0.717) is 18.3 Å². The quantitative estimate of drug-likeness (QED) is 0.935. The van der Waals surface area contributed by atoms with Crippen LogP contribution in [0.1, 0.15) is 23.6 Å². The Bertz CT molecular complexity index is 540. The first kappa shape index (κ1) is 12.8. The molecule has 0 radical (unpaired) electrons. The van der Waals surface area contributed by atoms with Crippen molar-refractivity contribution < 1.29 is 5.11 Å². The van der Waals surface area contributed by atoms with Gasteiger partial charge in [-0.2, -0.15) is 0 Å². The van der Waals surface area contributed by atoms with Gasteiger partial charge in [0.25, 0.3) is 0 Å². The smallest absolute Gasteiger partial charge is 0.0629 e. The minimum atomic E-state index is -0.293. The first-order valence-corrected chi connectivity index (χ1v) is 7.37. The summed E-state index contributed by atoms with van der Waals surface area (Å²) in [6.45, 7) is 0. The van der Waals surface area contributed by atoms with E-state index >= 15 is 0 Å². The van der Waals surface area contributed by atoms with Crippen molar-refractivity contribution in [1.82, 2.24) is 4.98 Å². The molecule has 3 rings (SSSR count). The Morgan fingerprint density at radius 3 is 2.68 bits per heavy atom. The van der Waals surface area contributed by atoms with Gasteiger partial charge in [0, 0.05) is 22.8 Å². The van der Waals surface area contributed by atoms with Crippen molar-refractivity contribution in [2.24, 2.45) is 5.92 Å². The minimum absolute atomic E-state index is 0.293. The Labute approximate surface area is 121 Å². The Balaban J connectivity index is 1.61. The lowest BCUT2D eigenvalue weighted by Crippen LogP contribution is -2.14. The van der Waals surface area contributed by atoms with E-state index in [-0.39, 0.29) is 6.10 Å². The SMILES string of the molecule is OC(Cc1ccc(Br)cn1)C1CC1c1ccccc1. The highest BCUT2D eigenvalue weighted by molar-refractivity contribution is 9.10. The number of rotatable bonds is 4. The molecule has 1 aliphatic rings. The molecule has 0 bridgehead atoms. The van der Waals surface area contributed by atoms with E-state index in [0.717, 1.165) is 16.6 Å². The van der Waals surface area contributed by atoms with Crippen LogP contribution in [0.3, 0.4) is 0 Å². The summed E-state index contributed by atoms with van der Waals surface area (Å²) in [6, 6.07) is 14.4. The first-order chi connectivity index (χ1) is 9.24. The number of nitrogens with zero attached hydrogens (tertiary/aromatic N) is 1. The highest BCUT2D eigenvalue weighted by Crippen LogP contribution is 2.49. The second-order valence-electron chi connectivity index (χ2n) is 5.16. The van der Waals surface area contributed by atoms with Crippen molar-refractivity contribution in [2.75, 3.05) is 0 Å².